The van der Waals surface area contributed by atoms with Crippen LogP contribution in [0.2, 0.25) is 0 Å². The number of carbonyl (C=O) groups is 3. The first-order valence-corrected chi connectivity index (χ1v) is 32.4. The van der Waals surface area contributed by atoms with Crippen LogP contribution in [-0.4, -0.2) is 218 Å². The molecule has 0 aliphatic heterocycles. The minimum Gasteiger partial charge on any atom is -0.378 e. The molecule has 0 saturated heterocycles. The van der Waals surface area contributed by atoms with Gasteiger partial charge in [0, 0.05) is 77.1 Å². The SMILES string of the molecule is C.C.NCCOCCOCCNCC1CCCC1.O=C(Cc1cc[nH]c1)NCCOCCOCCNCC1CCCC1.O=C(Cc1cc[nH]c1)NCCOCCOCCNCC1CCCC1.O=C(NCCOCCOCCNCC1CCCC1)C(F)(F)F.[CH3-].[CH3-].[CH3-].[CH3-].[Fe+2].[Fe+2]. The predicted molar refractivity (Wildman–Crippen MR) is 368 cm³/mol. The summed E-state index contributed by atoms with van der Waals surface area (Å²) in [5, 5.41) is 21.1. The summed E-state index contributed by atoms with van der Waals surface area (Å²) in [5.74, 6) is 1.55. The molecule has 4 aliphatic rings. The second-order valence-corrected chi connectivity index (χ2v) is 22.4. The van der Waals surface area contributed by atoms with E-state index in [1.165, 1.54) is 103 Å². The average Bonchev–Trinajstić information content (AvgIpc) is 4.46. The molecule has 11 N–H and O–H groups in total. The molecule has 0 radical (unpaired) electrons. The second-order valence-electron chi connectivity index (χ2n) is 22.4. The van der Waals surface area contributed by atoms with Gasteiger partial charge in [-0.2, -0.15) is 13.2 Å². The minimum atomic E-state index is -4.84. The van der Waals surface area contributed by atoms with Crippen LogP contribution < -0.4 is 43.0 Å². The van der Waals surface area contributed by atoms with Crippen LogP contribution in [0.5, 0.6) is 0 Å². The summed E-state index contributed by atoms with van der Waals surface area (Å²) in [7, 11) is 0. The molecule has 2 aromatic rings. The van der Waals surface area contributed by atoms with Gasteiger partial charge in [0.05, 0.1) is 119 Å². The number of H-pyrrole nitrogens is 2. The van der Waals surface area contributed by atoms with Gasteiger partial charge in [-0.25, -0.2) is 0 Å². The fourth-order valence-corrected chi connectivity index (χ4v) is 10.3. The van der Waals surface area contributed by atoms with E-state index in [0.717, 1.165) is 107 Å². The van der Waals surface area contributed by atoms with E-state index in [0.29, 0.717) is 112 Å². The molecule has 26 heteroatoms. The Morgan fingerprint density at radius 1 is 0.404 bits per heavy atom. The van der Waals surface area contributed by atoms with Gasteiger partial charge in [0.25, 0.3) is 0 Å². The maximum absolute atomic E-state index is 11.8. The van der Waals surface area contributed by atoms with Crippen molar-refractivity contribution in [2.45, 2.75) is 137 Å². The molecule has 4 fully saturated rings. The minimum absolute atomic E-state index is 0. The molecule has 4 saturated carbocycles. The third-order valence-electron chi connectivity index (χ3n) is 15.1. The van der Waals surface area contributed by atoms with Crippen molar-refractivity contribution < 1.29 is 99.6 Å². The van der Waals surface area contributed by atoms with Crippen LogP contribution in [0.1, 0.15) is 129 Å². The number of carbonyl (C=O) groups excluding carboxylic acids is 3. The van der Waals surface area contributed by atoms with Crippen molar-refractivity contribution in [2.75, 3.05) is 184 Å². The van der Waals surface area contributed by atoms with E-state index in [1.807, 2.05) is 36.9 Å². The largest absolute Gasteiger partial charge is 2.00 e. The van der Waals surface area contributed by atoms with Crippen LogP contribution in [0.4, 0.5) is 13.2 Å². The van der Waals surface area contributed by atoms with Crippen molar-refractivity contribution in [2.24, 2.45) is 29.4 Å². The predicted octanol–water partition coefficient (Wildman–Crippen LogP) is 8.28. The number of ether oxygens (including phenoxy) is 8. The number of hydrogen-bond acceptors (Lipinski definition) is 16. The molecule has 21 nitrogen and oxygen atoms in total. The summed E-state index contributed by atoms with van der Waals surface area (Å²) in [6.07, 6.45) is 25.3. The van der Waals surface area contributed by atoms with Gasteiger partial charge in [-0.3, -0.25) is 14.4 Å². The zero-order valence-corrected chi connectivity index (χ0v) is 58.9. The number of alkyl halides is 3. The van der Waals surface area contributed by atoms with Crippen LogP contribution >= 0.6 is 0 Å². The smallest absolute Gasteiger partial charge is 0.378 e. The monoisotopic (exact) mass is 1430 g/mol. The summed E-state index contributed by atoms with van der Waals surface area (Å²) in [5.41, 5.74) is 7.27. The first kappa shape index (κ1) is 102. The topological polar surface area (TPSA) is 267 Å². The zero-order chi connectivity index (χ0) is 61.5. The Bertz CT molecular complexity index is 1760. The quantitative estimate of drug-likeness (QED) is 0.0170. The summed E-state index contributed by atoms with van der Waals surface area (Å²) in [6.45, 7) is 18.3. The van der Waals surface area contributed by atoms with Gasteiger partial charge in [-0.15, -0.1) is 0 Å². The summed E-state index contributed by atoms with van der Waals surface area (Å²) in [6, 6.07) is 3.80. The molecular formula is C68H133F3Fe2N10O11. The molecule has 0 atom stereocenters. The van der Waals surface area contributed by atoms with E-state index in [9.17, 15) is 27.6 Å². The first-order valence-electron chi connectivity index (χ1n) is 32.4. The number of nitrogens with two attached hydrogens (primary N) is 1. The maximum Gasteiger partial charge on any atom is 2.00 e. The first-order chi connectivity index (χ1) is 42.1. The van der Waals surface area contributed by atoms with Crippen molar-refractivity contribution in [3.63, 3.8) is 0 Å². The van der Waals surface area contributed by atoms with Crippen LogP contribution in [0, 0.1) is 53.4 Å². The standard InChI is InChI=1S/2C18H31N3O3.C14H25F3N2O3.C12H26N2O2.2CH4.4CH3.2Fe/c2*22-18(13-17-5-6-19-15-17)21-8-10-24-12-11-23-9-7-20-14-16-3-1-2-4-16;15-14(16,17)13(20)19-6-8-22-10-9-21-7-5-18-11-12-3-1-2-4-12;13-5-7-15-9-10-16-8-6-14-11-12-3-1-2-4-12;;;;;;;;/h2*5-6,15-16,19-20H,1-4,7-14H2,(H,21,22);12,18H,1-11H2,(H,19,20);12,14H,1-11,13H2;2*1H4;4*1H3;;/q;;;;;;4*-1;2*+2. The van der Waals surface area contributed by atoms with Gasteiger partial charge < -0.3 is 121 Å². The van der Waals surface area contributed by atoms with E-state index in [4.69, 9.17) is 43.6 Å². The number of halogens is 3. The molecule has 3 amide bonds. The molecule has 558 valence electrons. The number of nitrogens with one attached hydrogen (secondary N) is 9. The molecule has 0 unspecified atom stereocenters. The maximum atomic E-state index is 11.8. The van der Waals surface area contributed by atoms with Crippen molar-refractivity contribution in [1.82, 2.24) is 47.2 Å². The summed E-state index contributed by atoms with van der Waals surface area (Å²) >= 11 is 0. The third-order valence-corrected chi connectivity index (χ3v) is 15.1. The molecular weight excluding hydrogens is 1300 g/mol. The Balaban J connectivity index is -0.000000269. The van der Waals surface area contributed by atoms with Crippen LogP contribution in [-0.2, 0) is 99.3 Å². The Kier molecular flexibility index (Phi) is 79.5. The van der Waals surface area contributed by atoms with Crippen molar-refractivity contribution in [1.29, 1.82) is 0 Å². The van der Waals surface area contributed by atoms with Crippen LogP contribution in [0.15, 0.2) is 36.9 Å². The number of hydrogen-bond donors (Lipinski definition) is 10. The molecule has 0 spiro atoms. The van der Waals surface area contributed by atoms with Crippen molar-refractivity contribution >= 4 is 17.7 Å². The van der Waals surface area contributed by atoms with Crippen LogP contribution in [0.25, 0.3) is 0 Å². The Labute approximate surface area is 589 Å². The van der Waals surface area contributed by atoms with E-state index >= 15 is 0 Å². The van der Waals surface area contributed by atoms with Crippen LogP contribution in [0.3, 0.4) is 0 Å². The fraction of sp³-hybridized carbons (Fsp3) is 0.779. The molecule has 0 bridgehead atoms. The van der Waals surface area contributed by atoms with Gasteiger partial charge >= 0.3 is 46.2 Å². The van der Waals surface area contributed by atoms with E-state index in [-0.39, 0.29) is 104 Å². The summed E-state index contributed by atoms with van der Waals surface area (Å²) in [4.78, 5) is 39.6. The van der Waals surface area contributed by atoms with E-state index in [1.54, 1.807) is 5.32 Å². The average molecular weight is 1440 g/mol. The number of aromatic nitrogens is 2. The fourth-order valence-electron chi connectivity index (χ4n) is 10.3. The Hall–Kier alpha value is -2.72. The Morgan fingerprint density at radius 3 is 0.883 bits per heavy atom. The molecule has 2 heterocycles. The van der Waals surface area contributed by atoms with Crippen molar-refractivity contribution in [3.8, 4) is 0 Å². The van der Waals surface area contributed by atoms with E-state index in [2.05, 4.69) is 41.9 Å². The molecule has 4 aliphatic carbocycles. The third kappa shape index (κ3) is 61.6. The summed E-state index contributed by atoms with van der Waals surface area (Å²) < 4.78 is 78.5. The van der Waals surface area contributed by atoms with Gasteiger partial charge in [-0.05, 0) is 124 Å². The second kappa shape index (κ2) is 73.0. The Morgan fingerprint density at radius 2 is 0.649 bits per heavy atom. The molecule has 2 aromatic heterocycles. The molecule has 94 heavy (non-hydrogen) atoms. The number of amides is 3. The van der Waals surface area contributed by atoms with Gasteiger partial charge in [-0.1, -0.05) is 66.2 Å². The molecule has 6 rings (SSSR count). The number of rotatable bonds is 47. The van der Waals surface area contributed by atoms with Gasteiger partial charge in [0.1, 0.15) is 0 Å². The normalized spacial score (nSPS) is 14.3. The van der Waals surface area contributed by atoms with Gasteiger partial charge in [0.15, 0.2) is 0 Å². The van der Waals surface area contributed by atoms with Gasteiger partial charge in [0.2, 0.25) is 11.8 Å². The van der Waals surface area contributed by atoms with E-state index < -0.39 is 12.1 Å². The zero-order valence-electron chi connectivity index (χ0n) is 56.7. The number of aromatic amines is 2. The molecule has 0 aromatic carbocycles. The van der Waals surface area contributed by atoms with Crippen molar-refractivity contribution in [3.05, 3.63) is 77.8 Å².